The Hall–Kier alpha value is -1.13. The van der Waals surface area contributed by atoms with Crippen molar-refractivity contribution in [3.05, 3.63) is 69.5 Å². The molecule has 100 valence electrons. The second kappa shape index (κ2) is 6.35. The average molecular weight is 299 g/mol. The maximum Gasteiger partial charge on any atom is 0.126 e. The lowest BCUT2D eigenvalue weighted by Gasteiger charge is -2.19. The highest BCUT2D eigenvalue weighted by atomic mass is 35.5. The largest absolute Gasteiger partial charge is 0.271 e. The predicted octanol–water partition coefficient (Wildman–Crippen LogP) is 3.88. The number of hydrazine groups is 1. The molecule has 1 unspecified atom stereocenters. The fourth-order valence-corrected chi connectivity index (χ4v) is 2.63. The van der Waals surface area contributed by atoms with E-state index < -0.39 is 0 Å². The van der Waals surface area contributed by atoms with Crippen LogP contribution in [0.25, 0.3) is 0 Å². The van der Waals surface area contributed by atoms with Gasteiger partial charge in [-0.25, -0.2) is 4.39 Å². The fraction of sp³-hybridized carbons (Fsp3) is 0.143. The van der Waals surface area contributed by atoms with E-state index in [2.05, 4.69) is 5.43 Å². The van der Waals surface area contributed by atoms with Gasteiger partial charge in [-0.2, -0.15) is 0 Å². The SMILES string of the molecule is NNC(Cc1ccccc1F)c1c(Cl)cccc1Cl. The van der Waals surface area contributed by atoms with Crippen LogP contribution in [0.1, 0.15) is 17.2 Å². The third-order valence-electron chi connectivity index (χ3n) is 2.93. The molecule has 2 nitrogen and oxygen atoms in total. The van der Waals surface area contributed by atoms with E-state index in [4.69, 9.17) is 29.0 Å². The minimum atomic E-state index is -0.349. The molecule has 0 aliphatic rings. The molecular weight excluding hydrogens is 286 g/mol. The standard InChI is InChI=1S/C14H13Cl2FN2/c15-10-5-3-6-11(16)14(10)13(19-18)8-9-4-1-2-7-12(9)17/h1-7,13,19H,8,18H2. The van der Waals surface area contributed by atoms with Crippen molar-refractivity contribution >= 4 is 23.2 Å². The van der Waals surface area contributed by atoms with Gasteiger partial charge in [-0.1, -0.05) is 47.5 Å². The van der Waals surface area contributed by atoms with Crippen LogP contribution in [0, 0.1) is 5.82 Å². The molecule has 0 bridgehead atoms. The summed E-state index contributed by atoms with van der Waals surface area (Å²) in [7, 11) is 0. The van der Waals surface area contributed by atoms with Crippen molar-refractivity contribution < 1.29 is 4.39 Å². The molecule has 0 heterocycles. The highest BCUT2D eigenvalue weighted by Crippen LogP contribution is 2.32. The molecule has 2 rings (SSSR count). The Balaban J connectivity index is 2.34. The summed E-state index contributed by atoms with van der Waals surface area (Å²) in [5, 5.41) is 1.01. The maximum absolute atomic E-state index is 13.7. The van der Waals surface area contributed by atoms with E-state index in [1.54, 1.807) is 36.4 Å². The molecule has 0 aromatic heterocycles. The van der Waals surface area contributed by atoms with E-state index in [1.807, 2.05) is 0 Å². The summed E-state index contributed by atoms with van der Waals surface area (Å²) in [6.45, 7) is 0. The van der Waals surface area contributed by atoms with Gasteiger partial charge in [0, 0.05) is 15.6 Å². The maximum atomic E-state index is 13.7. The summed E-state index contributed by atoms with van der Waals surface area (Å²) in [4.78, 5) is 0. The fourth-order valence-electron chi connectivity index (χ4n) is 1.97. The Bertz CT molecular complexity index is 555. The molecule has 3 N–H and O–H groups in total. The molecule has 19 heavy (non-hydrogen) atoms. The van der Waals surface area contributed by atoms with Crippen LogP contribution in [-0.2, 0) is 6.42 Å². The third kappa shape index (κ3) is 3.25. The molecule has 0 aliphatic heterocycles. The van der Waals surface area contributed by atoms with E-state index in [-0.39, 0.29) is 11.9 Å². The van der Waals surface area contributed by atoms with Crippen molar-refractivity contribution in [3.8, 4) is 0 Å². The summed E-state index contributed by atoms with van der Waals surface area (Å²) in [6.07, 6.45) is 0.368. The third-order valence-corrected chi connectivity index (χ3v) is 3.59. The zero-order valence-electron chi connectivity index (χ0n) is 10.0. The Morgan fingerprint density at radius 3 is 2.26 bits per heavy atom. The number of nitrogens with two attached hydrogens (primary N) is 1. The Kier molecular flexibility index (Phi) is 4.77. The normalized spacial score (nSPS) is 12.4. The van der Waals surface area contributed by atoms with Gasteiger partial charge in [0.05, 0.1) is 6.04 Å². The monoisotopic (exact) mass is 298 g/mol. The number of benzene rings is 2. The molecule has 0 fully saturated rings. The molecule has 2 aromatic rings. The van der Waals surface area contributed by atoms with Crippen LogP contribution >= 0.6 is 23.2 Å². The van der Waals surface area contributed by atoms with Gasteiger partial charge in [-0.3, -0.25) is 11.3 Å². The zero-order chi connectivity index (χ0) is 13.8. The Morgan fingerprint density at radius 1 is 1.05 bits per heavy atom. The van der Waals surface area contributed by atoms with Gasteiger partial charge >= 0.3 is 0 Å². The number of hydrogen-bond acceptors (Lipinski definition) is 2. The molecule has 1 atom stereocenters. The van der Waals surface area contributed by atoms with Gasteiger partial charge in [-0.15, -0.1) is 0 Å². The lowest BCUT2D eigenvalue weighted by molar-refractivity contribution is 0.529. The Morgan fingerprint density at radius 2 is 1.68 bits per heavy atom. The highest BCUT2D eigenvalue weighted by molar-refractivity contribution is 6.36. The van der Waals surface area contributed by atoms with E-state index in [1.165, 1.54) is 6.07 Å². The van der Waals surface area contributed by atoms with Crippen LogP contribution in [0.3, 0.4) is 0 Å². The van der Waals surface area contributed by atoms with Crippen LogP contribution in [0.4, 0.5) is 4.39 Å². The van der Waals surface area contributed by atoms with Crippen molar-refractivity contribution in [3.63, 3.8) is 0 Å². The molecule has 2 aromatic carbocycles. The number of rotatable bonds is 4. The second-order valence-corrected chi connectivity index (χ2v) is 4.96. The van der Waals surface area contributed by atoms with E-state index >= 15 is 0 Å². The van der Waals surface area contributed by atoms with Crippen molar-refractivity contribution in [1.29, 1.82) is 0 Å². The van der Waals surface area contributed by atoms with E-state index in [9.17, 15) is 4.39 Å². The summed E-state index contributed by atoms with van der Waals surface area (Å²) < 4.78 is 13.7. The molecule has 0 spiro atoms. The van der Waals surface area contributed by atoms with Crippen LogP contribution in [-0.4, -0.2) is 0 Å². The van der Waals surface area contributed by atoms with Crippen molar-refractivity contribution in [2.24, 2.45) is 5.84 Å². The molecule has 5 heteroatoms. The molecule has 0 aliphatic carbocycles. The number of hydrogen-bond donors (Lipinski definition) is 2. The lowest BCUT2D eigenvalue weighted by Crippen LogP contribution is -2.30. The van der Waals surface area contributed by atoms with E-state index in [0.29, 0.717) is 27.6 Å². The molecule has 0 saturated carbocycles. The van der Waals surface area contributed by atoms with Gasteiger partial charge in [0.25, 0.3) is 0 Å². The summed E-state index contributed by atoms with van der Waals surface area (Å²) >= 11 is 12.3. The van der Waals surface area contributed by atoms with Crippen LogP contribution in [0.2, 0.25) is 10.0 Å². The zero-order valence-corrected chi connectivity index (χ0v) is 11.5. The average Bonchev–Trinajstić information content (AvgIpc) is 2.39. The highest BCUT2D eigenvalue weighted by Gasteiger charge is 2.18. The smallest absolute Gasteiger partial charge is 0.126 e. The van der Waals surface area contributed by atoms with Gasteiger partial charge in [0.2, 0.25) is 0 Å². The van der Waals surface area contributed by atoms with Crippen molar-refractivity contribution in [1.82, 2.24) is 5.43 Å². The van der Waals surface area contributed by atoms with Gasteiger partial charge in [0.1, 0.15) is 5.82 Å². The lowest BCUT2D eigenvalue weighted by atomic mass is 9.99. The van der Waals surface area contributed by atoms with Crippen molar-refractivity contribution in [2.75, 3.05) is 0 Å². The molecule has 0 saturated heterocycles. The predicted molar refractivity (Wildman–Crippen MR) is 76.6 cm³/mol. The minimum Gasteiger partial charge on any atom is -0.271 e. The summed E-state index contributed by atoms with van der Waals surface area (Å²) in [6, 6.07) is 11.4. The minimum absolute atomic E-state index is 0.272. The van der Waals surface area contributed by atoms with Crippen LogP contribution < -0.4 is 11.3 Å². The first-order valence-corrected chi connectivity index (χ1v) is 6.52. The Labute approximate surface area is 121 Å². The second-order valence-electron chi connectivity index (χ2n) is 4.15. The van der Waals surface area contributed by atoms with Crippen molar-refractivity contribution in [2.45, 2.75) is 12.5 Å². The van der Waals surface area contributed by atoms with Gasteiger partial charge in [0.15, 0.2) is 0 Å². The van der Waals surface area contributed by atoms with Gasteiger partial charge in [-0.05, 0) is 30.2 Å². The van der Waals surface area contributed by atoms with Crippen LogP contribution in [0.15, 0.2) is 42.5 Å². The number of halogens is 3. The summed E-state index contributed by atoms with van der Waals surface area (Å²) in [5.74, 6) is 5.28. The molecular formula is C14H13Cl2FN2. The first-order chi connectivity index (χ1) is 9.13. The van der Waals surface area contributed by atoms with Crippen LogP contribution in [0.5, 0.6) is 0 Å². The number of nitrogens with one attached hydrogen (secondary N) is 1. The summed E-state index contributed by atoms with van der Waals surface area (Å²) in [5.41, 5.74) is 3.87. The topological polar surface area (TPSA) is 38.0 Å². The quantitative estimate of drug-likeness (QED) is 0.664. The first-order valence-electron chi connectivity index (χ1n) is 5.77. The molecule has 0 amide bonds. The van der Waals surface area contributed by atoms with Gasteiger partial charge < -0.3 is 0 Å². The van der Waals surface area contributed by atoms with E-state index in [0.717, 1.165) is 0 Å². The molecule has 0 radical (unpaired) electrons. The first kappa shape index (κ1) is 14.3.